The summed E-state index contributed by atoms with van der Waals surface area (Å²) in [6.07, 6.45) is 1.07. The zero-order valence-electron chi connectivity index (χ0n) is 13.6. The van der Waals surface area contributed by atoms with Crippen LogP contribution in [0.5, 0.6) is 6.01 Å². The highest BCUT2D eigenvalue weighted by Crippen LogP contribution is 2.35. The molecule has 2 aromatic heterocycles. The topological polar surface area (TPSA) is 56.1 Å². The Morgan fingerprint density at radius 1 is 1.00 bits per heavy atom. The summed E-state index contributed by atoms with van der Waals surface area (Å²) in [5, 5.41) is 0. The highest BCUT2D eigenvalue weighted by atomic mass is 16.5. The van der Waals surface area contributed by atoms with Crippen molar-refractivity contribution in [3.63, 3.8) is 0 Å². The number of para-hydroxylation sites is 2. The number of hydrogen-bond donors (Lipinski definition) is 0. The van der Waals surface area contributed by atoms with Gasteiger partial charge in [0.2, 0.25) is 5.95 Å². The van der Waals surface area contributed by atoms with Gasteiger partial charge >= 0.3 is 6.01 Å². The number of ether oxygens (including phenoxy) is 1. The second-order valence-electron chi connectivity index (χ2n) is 5.79. The monoisotopic (exact) mass is 309 g/mol. The van der Waals surface area contributed by atoms with Crippen LogP contribution >= 0.6 is 0 Å². The van der Waals surface area contributed by atoms with E-state index in [0.717, 1.165) is 48.1 Å². The van der Waals surface area contributed by atoms with Crippen molar-refractivity contribution in [1.29, 1.82) is 0 Å². The molecule has 0 spiro atoms. The third-order valence-electron chi connectivity index (χ3n) is 4.30. The molecule has 0 N–H and O–H groups in total. The summed E-state index contributed by atoms with van der Waals surface area (Å²) in [5.74, 6) is 0.970. The van der Waals surface area contributed by atoms with Gasteiger partial charge in [0.05, 0.1) is 35.2 Å². The maximum atomic E-state index is 5.17. The lowest BCUT2D eigenvalue weighted by molar-refractivity contribution is 0.377. The number of benzene rings is 1. The Hall–Kier alpha value is -2.63. The van der Waals surface area contributed by atoms with E-state index in [1.54, 1.807) is 7.11 Å². The Labute approximate surface area is 134 Å². The Morgan fingerprint density at radius 2 is 1.74 bits per heavy atom. The van der Waals surface area contributed by atoms with E-state index in [1.165, 1.54) is 5.52 Å². The molecule has 0 bridgehead atoms. The molecule has 6 nitrogen and oxygen atoms in total. The van der Waals surface area contributed by atoms with Crippen LogP contribution in [0.15, 0.2) is 24.3 Å². The highest BCUT2D eigenvalue weighted by molar-refractivity contribution is 5.81. The third-order valence-corrected chi connectivity index (χ3v) is 4.30. The molecular formula is C17H19N5O. The predicted octanol–water partition coefficient (Wildman–Crippen LogP) is 2.99. The molecule has 4 rings (SSSR count). The number of aryl methyl sites for hydroxylation is 3. The molecule has 0 atom stereocenters. The maximum Gasteiger partial charge on any atom is 0.316 e. The van der Waals surface area contributed by atoms with Gasteiger partial charge in [-0.1, -0.05) is 12.1 Å². The molecule has 0 unspecified atom stereocenters. The minimum Gasteiger partial charge on any atom is -0.467 e. The number of hydrogen-bond acceptors (Lipinski definition) is 5. The van der Waals surface area contributed by atoms with Crippen molar-refractivity contribution >= 4 is 22.7 Å². The van der Waals surface area contributed by atoms with Crippen LogP contribution in [-0.2, 0) is 6.54 Å². The molecule has 0 radical (unpaired) electrons. The van der Waals surface area contributed by atoms with Crippen LogP contribution in [-0.4, -0.2) is 33.2 Å². The van der Waals surface area contributed by atoms with E-state index in [4.69, 9.17) is 9.72 Å². The van der Waals surface area contributed by atoms with Gasteiger partial charge in [-0.25, -0.2) is 4.98 Å². The highest BCUT2D eigenvalue weighted by Gasteiger charge is 2.26. The van der Waals surface area contributed by atoms with E-state index in [-0.39, 0.29) is 0 Å². The Bertz CT molecular complexity index is 863. The fourth-order valence-corrected chi connectivity index (χ4v) is 3.35. The minimum atomic E-state index is 0.411. The Kier molecular flexibility index (Phi) is 3.18. The molecule has 0 fully saturated rings. The normalized spacial score (nSPS) is 14.1. The fourth-order valence-electron chi connectivity index (χ4n) is 3.35. The standard InChI is InChI=1S/C17H19N5O/c1-11-15(12(2)19-16(18-11)23-3)22-10-6-9-21-14-8-5-4-7-13(14)20-17(21)22/h4-5,7-8H,6,9-10H2,1-3H3. The van der Waals surface area contributed by atoms with E-state index in [0.29, 0.717) is 6.01 Å². The first-order chi connectivity index (χ1) is 11.2. The first-order valence-electron chi connectivity index (χ1n) is 7.81. The van der Waals surface area contributed by atoms with Crippen molar-refractivity contribution in [2.24, 2.45) is 0 Å². The summed E-state index contributed by atoms with van der Waals surface area (Å²) < 4.78 is 7.45. The first kappa shape index (κ1) is 14.0. The van der Waals surface area contributed by atoms with Gasteiger partial charge in [0, 0.05) is 13.1 Å². The molecule has 118 valence electrons. The number of methoxy groups -OCH3 is 1. The SMILES string of the molecule is COc1nc(C)c(N2CCCn3c2nc2ccccc23)c(C)n1. The van der Waals surface area contributed by atoms with Crippen molar-refractivity contribution in [1.82, 2.24) is 19.5 Å². The zero-order valence-corrected chi connectivity index (χ0v) is 13.6. The Morgan fingerprint density at radius 3 is 2.48 bits per heavy atom. The summed E-state index contributed by atoms with van der Waals surface area (Å²) in [5.41, 5.74) is 5.06. The van der Waals surface area contributed by atoms with Crippen LogP contribution in [0.25, 0.3) is 11.0 Å². The van der Waals surface area contributed by atoms with Gasteiger partial charge in [-0.2, -0.15) is 9.97 Å². The van der Waals surface area contributed by atoms with E-state index in [9.17, 15) is 0 Å². The lowest BCUT2D eigenvalue weighted by Gasteiger charge is -2.30. The molecule has 1 aliphatic rings. The number of nitrogens with zero attached hydrogens (tertiary/aromatic N) is 5. The number of fused-ring (bicyclic) bond motifs is 3. The molecule has 0 saturated carbocycles. The summed E-state index contributed by atoms with van der Waals surface area (Å²) in [7, 11) is 1.59. The van der Waals surface area contributed by atoms with Crippen molar-refractivity contribution in [3.05, 3.63) is 35.7 Å². The summed E-state index contributed by atoms with van der Waals surface area (Å²) >= 11 is 0. The van der Waals surface area contributed by atoms with Crippen molar-refractivity contribution < 1.29 is 4.74 Å². The average molecular weight is 309 g/mol. The molecule has 3 aromatic rings. The van der Waals surface area contributed by atoms with Crippen LogP contribution in [0.3, 0.4) is 0 Å². The molecule has 1 aromatic carbocycles. The van der Waals surface area contributed by atoms with E-state index < -0.39 is 0 Å². The van der Waals surface area contributed by atoms with Crippen molar-refractivity contribution in [2.75, 3.05) is 18.6 Å². The molecule has 0 saturated heterocycles. The van der Waals surface area contributed by atoms with Gasteiger partial charge < -0.3 is 14.2 Å². The summed E-state index contributed by atoms with van der Waals surface area (Å²) in [6, 6.07) is 8.68. The van der Waals surface area contributed by atoms with Crippen LogP contribution in [0.2, 0.25) is 0 Å². The number of imidazole rings is 1. The minimum absolute atomic E-state index is 0.411. The number of rotatable bonds is 2. The first-order valence-corrected chi connectivity index (χ1v) is 7.81. The van der Waals surface area contributed by atoms with Crippen molar-refractivity contribution in [2.45, 2.75) is 26.8 Å². The van der Waals surface area contributed by atoms with Crippen LogP contribution in [0, 0.1) is 13.8 Å². The molecule has 23 heavy (non-hydrogen) atoms. The smallest absolute Gasteiger partial charge is 0.316 e. The quantitative estimate of drug-likeness (QED) is 0.728. The third kappa shape index (κ3) is 2.13. The van der Waals surface area contributed by atoms with Gasteiger partial charge in [0.1, 0.15) is 0 Å². The summed E-state index contributed by atoms with van der Waals surface area (Å²) in [4.78, 5) is 16.0. The van der Waals surface area contributed by atoms with E-state index in [1.807, 2.05) is 19.9 Å². The van der Waals surface area contributed by atoms with Gasteiger partial charge in [-0.3, -0.25) is 0 Å². The van der Waals surface area contributed by atoms with Crippen LogP contribution in [0.4, 0.5) is 11.6 Å². The predicted molar refractivity (Wildman–Crippen MR) is 89.4 cm³/mol. The number of aromatic nitrogens is 4. The molecule has 1 aliphatic heterocycles. The fraction of sp³-hybridized carbons (Fsp3) is 0.353. The lowest BCUT2D eigenvalue weighted by Crippen LogP contribution is -2.29. The van der Waals surface area contributed by atoms with E-state index in [2.05, 4.69) is 37.6 Å². The molecule has 0 aliphatic carbocycles. The lowest BCUT2D eigenvalue weighted by atomic mass is 10.2. The van der Waals surface area contributed by atoms with Crippen molar-refractivity contribution in [3.8, 4) is 6.01 Å². The molecule has 3 heterocycles. The van der Waals surface area contributed by atoms with Gasteiger partial charge in [-0.15, -0.1) is 0 Å². The second kappa shape index (κ2) is 5.22. The largest absolute Gasteiger partial charge is 0.467 e. The Balaban J connectivity index is 1.90. The van der Waals surface area contributed by atoms with Crippen LogP contribution in [0.1, 0.15) is 17.8 Å². The van der Waals surface area contributed by atoms with Gasteiger partial charge in [0.25, 0.3) is 0 Å². The molecular weight excluding hydrogens is 290 g/mol. The summed E-state index contributed by atoms with van der Waals surface area (Å²) in [6.45, 7) is 5.89. The average Bonchev–Trinajstić information content (AvgIpc) is 2.93. The zero-order chi connectivity index (χ0) is 16.0. The second-order valence-corrected chi connectivity index (χ2v) is 5.79. The van der Waals surface area contributed by atoms with E-state index >= 15 is 0 Å². The maximum absolute atomic E-state index is 5.17. The molecule has 0 amide bonds. The molecule has 6 heteroatoms. The van der Waals surface area contributed by atoms with Gasteiger partial charge in [-0.05, 0) is 32.4 Å². The van der Waals surface area contributed by atoms with Gasteiger partial charge in [0.15, 0.2) is 0 Å². The number of anilines is 2. The van der Waals surface area contributed by atoms with Crippen LogP contribution < -0.4 is 9.64 Å².